The zero-order chi connectivity index (χ0) is 15.0. The third-order valence-electron chi connectivity index (χ3n) is 3.99. The predicted octanol–water partition coefficient (Wildman–Crippen LogP) is 1.34. The van der Waals surface area contributed by atoms with Gasteiger partial charge in [-0.25, -0.2) is 9.59 Å². The lowest BCUT2D eigenvalue weighted by atomic mass is 9.81. The van der Waals surface area contributed by atoms with Gasteiger partial charge in [0.25, 0.3) is 0 Å². The number of amides is 2. The topological polar surface area (TPSA) is 98.7 Å². The summed E-state index contributed by atoms with van der Waals surface area (Å²) in [6.45, 7) is 2.57. The summed E-state index contributed by atoms with van der Waals surface area (Å²) in [4.78, 5) is 22.4. The van der Waals surface area contributed by atoms with E-state index in [1.807, 2.05) is 0 Å². The first kappa shape index (κ1) is 16.8. The van der Waals surface area contributed by atoms with E-state index < -0.39 is 18.0 Å². The lowest BCUT2D eigenvalue weighted by Gasteiger charge is -2.26. The van der Waals surface area contributed by atoms with Gasteiger partial charge >= 0.3 is 12.0 Å². The molecule has 0 saturated heterocycles. The van der Waals surface area contributed by atoms with Crippen LogP contribution in [-0.2, 0) is 4.79 Å². The summed E-state index contributed by atoms with van der Waals surface area (Å²) in [5, 5.41) is 22.6. The molecule has 0 spiro atoms. The third-order valence-corrected chi connectivity index (χ3v) is 3.99. The minimum absolute atomic E-state index is 0.0171. The van der Waals surface area contributed by atoms with Gasteiger partial charge in [0.15, 0.2) is 0 Å². The molecular weight excluding hydrogens is 260 g/mol. The van der Waals surface area contributed by atoms with Crippen LogP contribution in [0.3, 0.4) is 0 Å². The maximum absolute atomic E-state index is 11.6. The Morgan fingerprint density at radius 1 is 1.25 bits per heavy atom. The van der Waals surface area contributed by atoms with E-state index >= 15 is 0 Å². The Balaban J connectivity index is 2.17. The van der Waals surface area contributed by atoms with Gasteiger partial charge in [-0.15, -0.1) is 0 Å². The summed E-state index contributed by atoms with van der Waals surface area (Å²) in [6.07, 6.45) is 5.91. The van der Waals surface area contributed by atoms with Gasteiger partial charge in [0.05, 0.1) is 0 Å². The molecule has 0 aliphatic heterocycles. The van der Waals surface area contributed by atoms with Gasteiger partial charge in [-0.1, -0.05) is 32.6 Å². The van der Waals surface area contributed by atoms with E-state index in [-0.39, 0.29) is 13.0 Å². The third kappa shape index (κ3) is 6.23. The zero-order valence-corrected chi connectivity index (χ0v) is 12.1. The standard InChI is InChI=1S/C14H26N2O4/c1-10-2-4-11(5-3-10)6-8-15-14(20)16-12(7-9-17)13(18)19/h10-12,17H,2-9H2,1H3,(H,18,19)(H2,15,16,20). The highest BCUT2D eigenvalue weighted by Crippen LogP contribution is 2.29. The van der Waals surface area contributed by atoms with Crippen molar-refractivity contribution in [3.05, 3.63) is 0 Å². The van der Waals surface area contributed by atoms with Crippen LogP contribution < -0.4 is 10.6 Å². The number of nitrogens with one attached hydrogen (secondary N) is 2. The maximum Gasteiger partial charge on any atom is 0.326 e. The van der Waals surface area contributed by atoms with Crippen molar-refractivity contribution in [2.75, 3.05) is 13.2 Å². The summed E-state index contributed by atoms with van der Waals surface area (Å²) in [5.74, 6) is 0.354. The second kappa shape index (κ2) is 8.79. The van der Waals surface area contributed by atoms with Crippen molar-refractivity contribution in [3.8, 4) is 0 Å². The zero-order valence-electron chi connectivity index (χ0n) is 12.1. The van der Waals surface area contributed by atoms with E-state index in [1.54, 1.807) is 0 Å². The largest absolute Gasteiger partial charge is 0.480 e. The molecule has 1 atom stereocenters. The second-order valence-corrected chi connectivity index (χ2v) is 5.72. The van der Waals surface area contributed by atoms with E-state index in [0.717, 1.165) is 12.3 Å². The number of urea groups is 1. The van der Waals surface area contributed by atoms with Gasteiger partial charge < -0.3 is 20.8 Å². The number of hydrogen-bond acceptors (Lipinski definition) is 3. The number of aliphatic hydroxyl groups excluding tert-OH is 1. The molecule has 0 bridgehead atoms. The fourth-order valence-electron chi connectivity index (χ4n) is 2.60. The Bertz CT molecular complexity index is 314. The highest BCUT2D eigenvalue weighted by Gasteiger charge is 2.20. The van der Waals surface area contributed by atoms with Crippen LogP contribution >= 0.6 is 0 Å². The van der Waals surface area contributed by atoms with Crippen LogP contribution in [0.2, 0.25) is 0 Å². The summed E-state index contributed by atoms with van der Waals surface area (Å²) in [5.41, 5.74) is 0. The van der Waals surface area contributed by atoms with Crippen LogP contribution in [0, 0.1) is 11.8 Å². The molecule has 1 fully saturated rings. The minimum Gasteiger partial charge on any atom is -0.480 e. The molecule has 6 heteroatoms. The second-order valence-electron chi connectivity index (χ2n) is 5.72. The van der Waals surface area contributed by atoms with Crippen molar-refractivity contribution in [1.29, 1.82) is 0 Å². The quantitative estimate of drug-likeness (QED) is 0.567. The molecular formula is C14H26N2O4. The summed E-state index contributed by atoms with van der Waals surface area (Å²) in [6, 6.07) is -1.51. The number of carboxylic acids is 1. The molecule has 0 radical (unpaired) electrons. The highest BCUT2D eigenvalue weighted by molar-refractivity contribution is 5.82. The van der Waals surface area contributed by atoms with Crippen molar-refractivity contribution < 1.29 is 19.8 Å². The summed E-state index contributed by atoms with van der Waals surface area (Å²) < 4.78 is 0. The van der Waals surface area contributed by atoms with Crippen LogP contribution in [0.15, 0.2) is 0 Å². The first-order valence-corrected chi connectivity index (χ1v) is 7.41. The van der Waals surface area contributed by atoms with Crippen LogP contribution in [0.5, 0.6) is 0 Å². The molecule has 20 heavy (non-hydrogen) atoms. The average molecular weight is 286 g/mol. The number of carboxylic acid groups (broad SMARTS) is 1. The Morgan fingerprint density at radius 3 is 2.45 bits per heavy atom. The van der Waals surface area contributed by atoms with Gasteiger partial charge in [0, 0.05) is 19.6 Å². The van der Waals surface area contributed by atoms with Crippen LogP contribution in [0.4, 0.5) is 4.79 Å². The van der Waals surface area contributed by atoms with Crippen LogP contribution in [0.25, 0.3) is 0 Å². The number of hydrogen-bond donors (Lipinski definition) is 4. The summed E-state index contributed by atoms with van der Waals surface area (Å²) in [7, 11) is 0. The van der Waals surface area contributed by atoms with E-state index in [1.165, 1.54) is 25.7 Å². The molecule has 0 aromatic carbocycles. The molecule has 0 aromatic rings. The van der Waals surface area contributed by atoms with Gasteiger partial charge in [-0.05, 0) is 18.3 Å². The lowest BCUT2D eigenvalue weighted by Crippen LogP contribution is -2.46. The van der Waals surface area contributed by atoms with E-state index in [9.17, 15) is 9.59 Å². The van der Waals surface area contributed by atoms with E-state index in [2.05, 4.69) is 17.6 Å². The number of aliphatic hydroxyl groups is 1. The molecule has 1 aliphatic carbocycles. The van der Waals surface area contributed by atoms with Crippen LogP contribution in [0.1, 0.15) is 45.4 Å². The Hall–Kier alpha value is -1.30. The first-order valence-electron chi connectivity index (χ1n) is 7.41. The molecule has 0 aromatic heterocycles. The molecule has 116 valence electrons. The molecule has 1 unspecified atom stereocenters. The van der Waals surface area contributed by atoms with Crippen molar-refractivity contribution in [3.63, 3.8) is 0 Å². The van der Waals surface area contributed by atoms with Gasteiger partial charge in [0.2, 0.25) is 0 Å². The normalized spacial score (nSPS) is 23.9. The average Bonchev–Trinajstić information content (AvgIpc) is 2.40. The predicted molar refractivity (Wildman–Crippen MR) is 75.4 cm³/mol. The molecule has 1 rings (SSSR count). The maximum atomic E-state index is 11.6. The summed E-state index contributed by atoms with van der Waals surface area (Å²) >= 11 is 0. The molecule has 4 N–H and O–H groups in total. The monoisotopic (exact) mass is 286 g/mol. The molecule has 2 amide bonds. The molecule has 1 saturated carbocycles. The Kier molecular flexibility index (Phi) is 7.36. The van der Waals surface area contributed by atoms with Crippen molar-refractivity contribution in [2.45, 2.75) is 51.5 Å². The van der Waals surface area contributed by atoms with Gasteiger partial charge in [-0.3, -0.25) is 0 Å². The first-order chi connectivity index (χ1) is 9.52. The van der Waals surface area contributed by atoms with Crippen molar-refractivity contribution in [2.24, 2.45) is 11.8 Å². The fourth-order valence-corrected chi connectivity index (χ4v) is 2.60. The SMILES string of the molecule is CC1CCC(CCNC(=O)NC(CCO)C(=O)O)CC1. The smallest absolute Gasteiger partial charge is 0.326 e. The minimum atomic E-state index is -1.13. The molecule has 0 heterocycles. The van der Waals surface area contributed by atoms with Crippen LogP contribution in [-0.4, -0.2) is 41.4 Å². The lowest BCUT2D eigenvalue weighted by molar-refractivity contribution is -0.139. The molecule has 6 nitrogen and oxygen atoms in total. The number of carbonyl (C=O) groups excluding carboxylic acids is 1. The van der Waals surface area contributed by atoms with E-state index in [0.29, 0.717) is 12.5 Å². The number of carbonyl (C=O) groups is 2. The number of rotatable bonds is 7. The Labute approximate surface area is 119 Å². The van der Waals surface area contributed by atoms with Crippen molar-refractivity contribution in [1.82, 2.24) is 10.6 Å². The molecule has 1 aliphatic rings. The van der Waals surface area contributed by atoms with Gasteiger partial charge in [-0.2, -0.15) is 0 Å². The highest BCUT2D eigenvalue weighted by atomic mass is 16.4. The number of aliphatic carboxylic acids is 1. The van der Waals surface area contributed by atoms with E-state index in [4.69, 9.17) is 10.2 Å². The van der Waals surface area contributed by atoms with Gasteiger partial charge in [0.1, 0.15) is 6.04 Å². The van der Waals surface area contributed by atoms with Crippen molar-refractivity contribution >= 4 is 12.0 Å². The fraction of sp³-hybridized carbons (Fsp3) is 0.857. The Morgan fingerprint density at radius 2 is 1.90 bits per heavy atom.